The quantitative estimate of drug-likeness (QED) is 0.538. The van der Waals surface area contributed by atoms with E-state index in [0.717, 1.165) is 0 Å². The number of carbonyl (C=O) groups excluding carboxylic acids is 3. The maximum atomic E-state index is 11.6. The summed E-state index contributed by atoms with van der Waals surface area (Å²) in [4.78, 5) is 45.5. The minimum absolute atomic E-state index is 0.0742. The van der Waals surface area contributed by atoms with Gasteiger partial charge in [0, 0.05) is 17.2 Å². The number of aliphatic carboxylic acids is 1. The molecule has 118 valence electrons. The van der Waals surface area contributed by atoms with Crippen molar-refractivity contribution in [2.24, 2.45) is 0 Å². The molecular formula is C13H21N3O5. The maximum Gasteiger partial charge on any atom is 0.331 e. The van der Waals surface area contributed by atoms with Crippen molar-refractivity contribution in [3.63, 3.8) is 0 Å². The number of hydrogen-bond donors (Lipinski definition) is 4. The molecule has 0 rings (SSSR count). The topological polar surface area (TPSA) is 125 Å². The van der Waals surface area contributed by atoms with Gasteiger partial charge in [0.15, 0.2) is 0 Å². The molecule has 0 aromatic heterocycles. The number of hydrogen-bond acceptors (Lipinski definition) is 4. The Morgan fingerprint density at radius 2 is 1.43 bits per heavy atom. The minimum atomic E-state index is -1.24. The lowest BCUT2D eigenvalue weighted by Crippen LogP contribution is -2.51. The molecule has 8 nitrogen and oxygen atoms in total. The number of amides is 4. The van der Waals surface area contributed by atoms with E-state index in [9.17, 15) is 19.2 Å². The van der Waals surface area contributed by atoms with E-state index >= 15 is 0 Å². The molecule has 0 saturated carbocycles. The first-order valence-electron chi connectivity index (χ1n) is 6.39. The van der Waals surface area contributed by atoms with Gasteiger partial charge in [0.05, 0.1) is 0 Å². The minimum Gasteiger partial charge on any atom is -0.478 e. The second kappa shape index (κ2) is 8.03. The number of carbonyl (C=O) groups is 4. The van der Waals surface area contributed by atoms with Gasteiger partial charge in [0.25, 0.3) is 5.91 Å². The molecule has 8 heteroatoms. The fraction of sp³-hybridized carbons (Fsp3) is 0.538. The highest BCUT2D eigenvalue weighted by molar-refractivity contribution is 6.07. The molecule has 0 aliphatic carbocycles. The SMILES string of the molecule is CC(C(=O)O)=C(C)C(=O)NC(=O)NC(C)C(=O)NC(C)C. The fourth-order valence-corrected chi connectivity index (χ4v) is 1.24. The normalized spacial score (nSPS) is 13.0. The molecule has 1 atom stereocenters. The molecule has 0 spiro atoms. The summed E-state index contributed by atoms with van der Waals surface area (Å²) in [7, 11) is 0. The van der Waals surface area contributed by atoms with Gasteiger partial charge in [-0.25, -0.2) is 9.59 Å². The molecule has 0 saturated heterocycles. The molecular weight excluding hydrogens is 278 g/mol. The van der Waals surface area contributed by atoms with Gasteiger partial charge in [0.1, 0.15) is 6.04 Å². The molecule has 1 unspecified atom stereocenters. The molecule has 0 aromatic rings. The van der Waals surface area contributed by atoms with Crippen LogP contribution in [0.1, 0.15) is 34.6 Å². The molecule has 0 heterocycles. The zero-order valence-electron chi connectivity index (χ0n) is 12.7. The van der Waals surface area contributed by atoms with Gasteiger partial charge in [-0.2, -0.15) is 0 Å². The van der Waals surface area contributed by atoms with Crippen LogP contribution in [0.5, 0.6) is 0 Å². The molecule has 4 amide bonds. The van der Waals surface area contributed by atoms with E-state index in [1.54, 1.807) is 13.8 Å². The van der Waals surface area contributed by atoms with E-state index in [0.29, 0.717) is 0 Å². The van der Waals surface area contributed by atoms with Gasteiger partial charge in [-0.1, -0.05) is 0 Å². The largest absolute Gasteiger partial charge is 0.478 e. The van der Waals surface area contributed by atoms with E-state index in [1.807, 2.05) is 5.32 Å². The molecule has 21 heavy (non-hydrogen) atoms. The Bertz CT molecular complexity index is 482. The summed E-state index contributed by atoms with van der Waals surface area (Å²) in [5.74, 6) is -2.46. The second-order valence-electron chi connectivity index (χ2n) is 4.87. The monoisotopic (exact) mass is 299 g/mol. The van der Waals surface area contributed by atoms with E-state index in [4.69, 9.17) is 5.11 Å². The van der Waals surface area contributed by atoms with Gasteiger partial charge >= 0.3 is 12.0 Å². The number of imide groups is 1. The van der Waals surface area contributed by atoms with Crippen molar-refractivity contribution in [3.8, 4) is 0 Å². The molecule has 0 radical (unpaired) electrons. The summed E-state index contributed by atoms with van der Waals surface area (Å²) >= 11 is 0. The smallest absolute Gasteiger partial charge is 0.331 e. The van der Waals surface area contributed by atoms with Crippen molar-refractivity contribution in [1.29, 1.82) is 0 Å². The summed E-state index contributed by atoms with van der Waals surface area (Å²) in [5.41, 5.74) is -0.247. The van der Waals surface area contributed by atoms with Crippen LogP contribution in [0, 0.1) is 0 Å². The van der Waals surface area contributed by atoms with E-state index in [-0.39, 0.29) is 23.1 Å². The Hall–Kier alpha value is -2.38. The third-order valence-corrected chi connectivity index (χ3v) is 2.62. The summed E-state index contributed by atoms with van der Waals surface area (Å²) in [6.07, 6.45) is 0. The Balaban J connectivity index is 4.58. The van der Waals surface area contributed by atoms with Crippen molar-refractivity contribution in [3.05, 3.63) is 11.1 Å². The van der Waals surface area contributed by atoms with Crippen LogP contribution in [0.2, 0.25) is 0 Å². The van der Waals surface area contributed by atoms with Gasteiger partial charge in [-0.15, -0.1) is 0 Å². The molecule has 0 fully saturated rings. The number of rotatable bonds is 5. The van der Waals surface area contributed by atoms with Gasteiger partial charge in [-0.05, 0) is 34.6 Å². The van der Waals surface area contributed by atoms with Crippen LogP contribution in [0.25, 0.3) is 0 Å². The highest BCUT2D eigenvalue weighted by atomic mass is 16.4. The van der Waals surface area contributed by atoms with Crippen LogP contribution >= 0.6 is 0 Å². The molecule has 0 aliphatic heterocycles. The Morgan fingerprint density at radius 1 is 0.905 bits per heavy atom. The lowest BCUT2D eigenvalue weighted by molar-refractivity contribution is -0.133. The van der Waals surface area contributed by atoms with E-state index in [2.05, 4.69) is 10.6 Å². The number of carboxylic acid groups (broad SMARTS) is 1. The maximum absolute atomic E-state index is 11.6. The van der Waals surface area contributed by atoms with Crippen LogP contribution in [0.4, 0.5) is 4.79 Å². The third kappa shape index (κ3) is 6.55. The van der Waals surface area contributed by atoms with Crippen LogP contribution in [0.3, 0.4) is 0 Å². The van der Waals surface area contributed by atoms with Crippen molar-refractivity contribution >= 4 is 23.8 Å². The average Bonchev–Trinajstić information content (AvgIpc) is 2.35. The predicted octanol–water partition coefficient (Wildman–Crippen LogP) is 0.146. The standard InChI is InChI=1S/C13H21N3O5/c1-6(2)14-11(18)9(5)15-13(21)16-10(17)7(3)8(4)12(19)20/h6,9H,1-5H3,(H,14,18)(H,19,20)(H2,15,16,17,21). The first kappa shape index (κ1) is 18.6. The second-order valence-corrected chi connectivity index (χ2v) is 4.87. The summed E-state index contributed by atoms with van der Waals surface area (Å²) in [6, 6.07) is -1.77. The summed E-state index contributed by atoms with van der Waals surface area (Å²) in [6.45, 7) is 7.57. The van der Waals surface area contributed by atoms with Crippen molar-refractivity contribution in [1.82, 2.24) is 16.0 Å². The Kier molecular flexibility index (Phi) is 7.12. The highest BCUT2D eigenvalue weighted by Crippen LogP contribution is 2.03. The number of nitrogens with one attached hydrogen (secondary N) is 3. The highest BCUT2D eigenvalue weighted by Gasteiger charge is 2.19. The molecule has 0 bridgehead atoms. The first-order valence-corrected chi connectivity index (χ1v) is 6.39. The Labute approximate surface area is 123 Å². The predicted molar refractivity (Wildman–Crippen MR) is 75.4 cm³/mol. The molecule has 4 N–H and O–H groups in total. The van der Waals surface area contributed by atoms with Crippen LogP contribution in [-0.4, -0.2) is 41.0 Å². The zero-order chi connectivity index (χ0) is 16.7. The van der Waals surface area contributed by atoms with Gasteiger partial charge < -0.3 is 15.7 Å². The lowest BCUT2D eigenvalue weighted by Gasteiger charge is -2.16. The number of urea groups is 1. The number of carboxylic acids is 1. The fourth-order valence-electron chi connectivity index (χ4n) is 1.24. The molecule has 0 aromatic carbocycles. The lowest BCUT2D eigenvalue weighted by atomic mass is 10.1. The summed E-state index contributed by atoms with van der Waals surface area (Å²) < 4.78 is 0. The third-order valence-electron chi connectivity index (χ3n) is 2.62. The zero-order valence-corrected chi connectivity index (χ0v) is 12.7. The van der Waals surface area contributed by atoms with Crippen molar-refractivity contribution in [2.75, 3.05) is 0 Å². The van der Waals surface area contributed by atoms with Gasteiger partial charge in [-0.3, -0.25) is 14.9 Å². The van der Waals surface area contributed by atoms with Crippen molar-refractivity contribution < 1.29 is 24.3 Å². The van der Waals surface area contributed by atoms with Crippen molar-refractivity contribution in [2.45, 2.75) is 46.7 Å². The average molecular weight is 299 g/mol. The van der Waals surface area contributed by atoms with Crippen LogP contribution < -0.4 is 16.0 Å². The van der Waals surface area contributed by atoms with E-state index in [1.165, 1.54) is 20.8 Å². The Morgan fingerprint density at radius 3 is 1.86 bits per heavy atom. The first-order chi connectivity index (χ1) is 9.56. The van der Waals surface area contributed by atoms with Gasteiger partial charge in [0.2, 0.25) is 5.91 Å². The van der Waals surface area contributed by atoms with Crippen LogP contribution in [0.15, 0.2) is 11.1 Å². The molecule has 0 aliphatic rings. The summed E-state index contributed by atoms with van der Waals surface area (Å²) in [5, 5.41) is 15.6. The van der Waals surface area contributed by atoms with E-state index < -0.39 is 23.9 Å². The van der Waals surface area contributed by atoms with Crippen LogP contribution in [-0.2, 0) is 14.4 Å².